The molecule has 0 heterocycles. The van der Waals surface area contributed by atoms with Crippen molar-refractivity contribution in [3.05, 3.63) is 121 Å². The van der Waals surface area contributed by atoms with Crippen LogP contribution in [0.5, 0.6) is 0 Å². The van der Waals surface area contributed by atoms with Gasteiger partial charge in [0.2, 0.25) is 11.8 Å². The molecule has 0 radical (unpaired) electrons. The largest absolute Gasteiger partial charge is 0.462 e. The Morgan fingerprint density at radius 3 is 2.10 bits per heavy atom. The number of aliphatic hydroxyl groups is 1. The molecule has 50 heavy (non-hydrogen) atoms. The van der Waals surface area contributed by atoms with Crippen LogP contribution in [0.4, 0.5) is 4.79 Å². The monoisotopic (exact) mass is 681 g/mol. The first-order valence-electron chi connectivity index (χ1n) is 17.0. The van der Waals surface area contributed by atoms with Crippen molar-refractivity contribution < 1.29 is 33.8 Å². The predicted molar refractivity (Wildman–Crippen MR) is 192 cm³/mol. The minimum absolute atomic E-state index is 0.101. The number of ether oxygens (including phenoxy) is 2. The zero-order valence-electron chi connectivity index (χ0n) is 28.5. The molecule has 0 unspecified atom stereocenters. The fraction of sp³-hybridized carbons (Fsp3) is 0.350. The Bertz CT molecular complexity index is 1580. The molecule has 4 atom stereocenters. The zero-order valence-corrected chi connectivity index (χ0v) is 28.5. The third kappa shape index (κ3) is 10.6. The first-order valence-corrected chi connectivity index (χ1v) is 17.0. The molecular weight excluding hydrogens is 634 g/mol. The van der Waals surface area contributed by atoms with Crippen molar-refractivity contribution in [2.24, 2.45) is 5.92 Å². The second-order valence-corrected chi connectivity index (χ2v) is 12.5. The zero-order chi connectivity index (χ0) is 35.9. The molecule has 10 heteroatoms. The van der Waals surface area contributed by atoms with Crippen molar-refractivity contribution in [3.63, 3.8) is 0 Å². The van der Waals surface area contributed by atoms with E-state index in [0.717, 1.165) is 27.8 Å². The highest BCUT2D eigenvalue weighted by molar-refractivity contribution is 5.86. The van der Waals surface area contributed by atoms with Crippen molar-refractivity contribution in [2.45, 2.75) is 63.1 Å². The average molecular weight is 682 g/mol. The van der Waals surface area contributed by atoms with Crippen molar-refractivity contribution in [3.8, 4) is 11.1 Å². The Hall–Kier alpha value is -5.22. The number of hydrogen-bond donors (Lipinski definition) is 4. The predicted octanol–water partition coefficient (Wildman–Crippen LogP) is 5.21. The smallest absolute Gasteiger partial charge is 0.407 e. The first-order chi connectivity index (χ1) is 24.2. The number of alkyl carbamates (subject to hydrolysis) is 1. The third-order valence-electron chi connectivity index (χ3n) is 8.61. The molecule has 0 saturated heterocycles. The fourth-order valence-electron chi connectivity index (χ4n) is 6.08. The van der Waals surface area contributed by atoms with Crippen LogP contribution < -0.4 is 16.0 Å². The molecule has 0 aromatic heterocycles. The summed E-state index contributed by atoms with van der Waals surface area (Å²) in [7, 11) is 0. The lowest BCUT2D eigenvalue weighted by molar-refractivity contribution is -0.147. The molecule has 4 N–H and O–H groups in total. The van der Waals surface area contributed by atoms with Crippen molar-refractivity contribution in [1.29, 1.82) is 0 Å². The van der Waals surface area contributed by atoms with E-state index in [0.29, 0.717) is 12.8 Å². The molecule has 3 amide bonds. The summed E-state index contributed by atoms with van der Waals surface area (Å²) in [6.45, 7) is 8.80. The van der Waals surface area contributed by atoms with Gasteiger partial charge in [-0.1, -0.05) is 91.0 Å². The SMILES string of the molecule is C=CCC[C@H](NC(=O)OCC1c2ccccc2-c2ccccc21)C(=O)OC[C@H](C)NC(=O)[C@@H](CC=C)CC(=O)N[C@H](CO)Cc1ccccc1. The molecule has 3 aromatic carbocycles. The highest BCUT2D eigenvalue weighted by atomic mass is 16.6. The fourth-order valence-corrected chi connectivity index (χ4v) is 6.08. The maximum Gasteiger partial charge on any atom is 0.407 e. The van der Waals surface area contributed by atoms with Gasteiger partial charge < -0.3 is 30.5 Å². The maximum atomic E-state index is 13.1. The van der Waals surface area contributed by atoms with E-state index < -0.39 is 42.0 Å². The van der Waals surface area contributed by atoms with Crippen molar-refractivity contribution in [2.75, 3.05) is 19.8 Å². The van der Waals surface area contributed by atoms with Crippen LogP contribution in [0.1, 0.15) is 55.2 Å². The lowest BCUT2D eigenvalue weighted by Crippen LogP contribution is -2.45. The second kappa shape index (κ2) is 19.1. The number of amides is 3. The molecule has 0 fully saturated rings. The molecule has 4 rings (SSSR count). The van der Waals surface area contributed by atoms with Gasteiger partial charge in [0.25, 0.3) is 0 Å². The van der Waals surface area contributed by atoms with Crippen LogP contribution in [0.25, 0.3) is 11.1 Å². The topological polar surface area (TPSA) is 143 Å². The number of aliphatic hydroxyl groups excluding tert-OH is 1. The molecule has 3 aromatic rings. The number of esters is 1. The van der Waals surface area contributed by atoms with Crippen LogP contribution in [0.2, 0.25) is 0 Å². The standard InChI is InChI=1S/C40H47N3O7/c1-4-6-21-36(43-40(48)50-26-35-33-19-12-10-17-31(33)32-18-11-13-20-34(32)35)39(47)49-25-27(3)41-38(46)29(14-5-2)23-37(45)42-30(24-44)22-28-15-8-7-9-16-28/h4-5,7-13,15-20,27,29-30,35-36,44H,1-2,6,14,21-26H2,3H3,(H,41,46)(H,42,45)(H,43,48)/t27-,29-,30-,36-/m0/s1. The lowest BCUT2D eigenvalue weighted by Gasteiger charge is -2.22. The average Bonchev–Trinajstić information content (AvgIpc) is 3.44. The number of allylic oxidation sites excluding steroid dienone is 2. The Labute approximate surface area is 294 Å². The molecule has 0 spiro atoms. The van der Waals surface area contributed by atoms with Gasteiger partial charge in [-0.2, -0.15) is 0 Å². The van der Waals surface area contributed by atoms with Gasteiger partial charge in [0.05, 0.1) is 24.6 Å². The molecule has 1 aliphatic rings. The summed E-state index contributed by atoms with van der Waals surface area (Å²) in [5.41, 5.74) is 5.34. The van der Waals surface area contributed by atoms with Gasteiger partial charge in [0.1, 0.15) is 19.3 Å². The summed E-state index contributed by atoms with van der Waals surface area (Å²) in [4.78, 5) is 51.9. The Kier molecular flexibility index (Phi) is 14.4. The van der Waals surface area contributed by atoms with Gasteiger partial charge in [-0.05, 0) is 60.4 Å². The van der Waals surface area contributed by atoms with Crippen LogP contribution in [0, 0.1) is 5.92 Å². The normalized spacial score (nSPS) is 14.1. The summed E-state index contributed by atoms with van der Waals surface area (Å²) in [6.07, 6.45) is 3.76. The minimum Gasteiger partial charge on any atom is -0.462 e. The van der Waals surface area contributed by atoms with Crippen LogP contribution in [-0.4, -0.2) is 66.9 Å². The van der Waals surface area contributed by atoms with Crippen LogP contribution in [-0.2, 0) is 30.3 Å². The van der Waals surface area contributed by atoms with Gasteiger partial charge in [-0.15, -0.1) is 13.2 Å². The molecule has 0 aliphatic heterocycles. The quantitative estimate of drug-likeness (QED) is 0.101. The van der Waals surface area contributed by atoms with E-state index in [4.69, 9.17) is 9.47 Å². The summed E-state index contributed by atoms with van der Waals surface area (Å²) < 4.78 is 11.1. The van der Waals surface area contributed by atoms with Crippen LogP contribution in [0.3, 0.4) is 0 Å². The van der Waals surface area contributed by atoms with Gasteiger partial charge in [-0.25, -0.2) is 9.59 Å². The highest BCUT2D eigenvalue weighted by Crippen LogP contribution is 2.44. The maximum absolute atomic E-state index is 13.1. The van der Waals surface area contributed by atoms with E-state index in [2.05, 4.69) is 41.2 Å². The number of carbonyl (C=O) groups excluding carboxylic acids is 4. The van der Waals surface area contributed by atoms with Gasteiger partial charge in [-0.3, -0.25) is 9.59 Å². The van der Waals surface area contributed by atoms with E-state index in [1.54, 1.807) is 19.1 Å². The Morgan fingerprint density at radius 2 is 1.48 bits per heavy atom. The molecule has 10 nitrogen and oxygen atoms in total. The Balaban J connectivity index is 1.26. The summed E-state index contributed by atoms with van der Waals surface area (Å²) in [5, 5.41) is 18.0. The van der Waals surface area contributed by atoms with Crippen LogP contribution in [0.15, 0.2) is 104 Å². The van der Waals surface area contributed by atoms with Gasteiger partial charge in [0.15, 0.2) is 0 Å². The molecule has 264 valence electrons. The van der Waals surface area contributed by atoms with Crippen molar-refractivity contribution in [1.82, 2.24) is 16.0 Å². The summed E-state index contributed by atoms with van der Waals surface area (Å²) >= 11 is 0. The summed E-state index contributed by atoms with van der Waals surface area (Å²) in [5.74, 6) is -2.27. The van der Waals surface area contributed by atoms with E-state index >= 15 is 0 Å². The Morgan fingerprint density at radius 1 is 0.840 bits per heavy atom. The van der Waals surface area contributed by atoms with E-state index in [9.17, 15) is 24.3 Å². The number of nitrogens with one attached hydrogen (secondary N) is 3. The number of carbonyl (C=O) groups is 4. The second-order valence-electron chi connectivity index (χ2n) is 12.5. The van der Waals surface area contributed by atoms with E-state index in [1.165, 1.54) is 0 Å². The van der Waals surface area contributed by atoms with Gasteiger partial charge >= 0.3 is 12.1 Å². The third-order valence-corrected chi connectivity index (χ3v) is 8.61. The molecule has 1 aliphatic carbocycles. The number of benzene rings is 3. The lowest BCUT2D eigenvalue weighted by atomic mass is 9.98. The number of fused-ring (bicyclic) bond motifs is 3. The van der Waals surface area contributed by atoms with Crippen LogP contribution >= 0.6 is 0 Å². The first kappa shape index (κ1) is 37.6. The number of rotatable bonds is 19. The minimum atomic E-state index is -0.987. The molecule has 0 bridgehead atoms. The van der Waals surface area contributed by atoms with Crippen molar-refractivity contribution >= 4 is 23.9 Å². The highest BCUT2D eigenvalue weighted by Gasteiger charge is 2.30. The molecule has 0 saturated carbocycles. The number of hydrogen-bond acceptors (Lipinski definition) is 7. The van der Waals surface area contributed by atoms with Gasteiger partial charge in [0, 0.05) is 12.3 Å². The van der Waals surface area contributed by atoms with E-state index in [1.807, 2.05) is 66.7 Å². The summed E-state index contributed by atoms with van der Waals surface area (Å²) in [6, 6.07) is 23.5. The molecular formula is C40H47N3O7. The van der Waals surface area contributed by atoms with E-state index in [-0.39, 0.29) is 50.9 Å².